The molecule has 0 atom stereocenters. The van der Waals surface area contributed by atoms with E-state index < -0.39 is 5.41 Å². The predicted octanol–water partition coefficient (Wildman–Crippen LogP) is 23.7. The molecule has 0 N–H and O–H groups in total. The number of rotatable bonds is 8. The van der Waals surface area contributed by atoms with Crippen LogP contribution in [0.25, 0.3) is 164 Å². The Labute approximate surface area is 536 Å². The van der Waals surface area contributed by atoms with Crippen molar-refractivity contribution in [3.05, 3.63) is 296 Å². The molecule has 1 aliphatic carbocycles. The first-order valence-electron chi connectivity index (χ1n) is 31.9. The second-order valence-corrected chi connectivity index (χ2v) is 26.5. The lowest BCUT2D eigenvalue weighted by atomic mass is 9.75. The van der Waals surface area contributed by atoms with Gasteiger partial charge < -0.3 is 27.4 Å². The van der Waals surface area contributed by atoms with Gasteiger partial charge in [-0.1, -0.05) is 195 Å². The van der Waals surface area contributed by atoms with E-state index in [1.165, 1.54) is 65.3 Å². The maximum Gasteiger partial charge on any atom is 0.160 e. The second-order valence-electron chi connectivity index (χ2n) is 25.5. The second kappa shape index (κ2) is 18.6. The fraction of sp³-hybridized carbons (Fsp3) is 0.0353. The minimum absolute atomic E-state index is 0.452. The molecule has 13 aromatic carbocycles. The fourth-order valence-corrected chi connectivity index (χ4v) is 17.6. The molecule has 21 rings (SSSR count). The number of para-hydroxylation sites is 8. The van der Waals surface area contributed by atoms with Crippen LogP contribution in [0.4, 0.5) is 16.4 Å². The maximum absolute atomic E-state index is 7.33. The number of hydrogen-bond acceptors (Lipinski definition) is 4. The molecule has 20 aromatic rings. The third-order valence-corrected chi connectivity index (χ3v) is 21.3. The number of fused-ring (bicyclic) bond motifs is 17. The van der Waals surface area contributed by atoms with Gasteiger partial charge in [-0.15, -0.1) is 0 Å². The molecule has 0 saturated carbocycles. The Hall–Kier alpha value is -11.8. The van der Waals surface area contributed by atoms with Crippen molar-refractivity contribution in [1.29, 1.82) is 0 Å². The molecule has 1 aliphatic rings. The third-order valence-electron chi connectivity index (χ3n) is 20.3. The van der Waals surface area contributed by atoms with Crippen LogP contribution in [0.3, 0.4) is 0 Å². The average Bonchev–Trinajstić information content (AvgIpc) is 1.51. The summed E-state index contributed by atoms with van der Waals surface area (Å²) in [7, 11) is 0. The summed E-state index contributed by atoms with van der Waals surface area (Å²) >= 11 is 1.79. The summed E-state index contributed by atoms with van der Waals surface area (Å²) in [6.45, 7) is 4.83. The van der Waals surface area contributed by atoms with E-state index in [1.54, 1.807) is 11.3 Å². The number of nitrogens with zero attached hydrogens (tertiary/aromatic N) is 5. The minimum Gasteiger partial charge on any atom is -0.454 e. The van der Waals surface area contributed by atoms with Crippen LogP contribution in [0.5, 0.6) is 0 Å². The van der Waals surface area contributed by atoms with E-state index in [2.05, 4.69) is 322 Å². The van der Waals surface area contributed by atoms with Crippen LogP contribution in [0.15, 0.2) is 294 Å². The molecule has 0 radical (unpaired) electrons. The van der Waals surface area contributed by atoms with Gasteiger partial charge in [0.25, 0.3) is 0 Å². The first kappa shape index (κ1) is 51.0. The highest BCUT2D eigenvalue weighted by molar-refractivity contribution is 7.18. The highest BCUT2D eigenvalue weighted by Gasteiger charge is 2.38. The van der Waals surface area contributed by atoms with Gasteiger partial charge in [-0.3, -0.25) is 4.57 Å². The average molecular weight is 1210 g/mol. The summed E-state index contributed by atoms with van der Waals surface area (Å²) in [5, 5.41) is 16.3. The van der Waals surface area contributed by atoms with Crippen LogP contribution in [0.2, 0.25) is 0 Å². The van der Waals surface area contributed by atoms with Gasteiger partial charge in [0, 0.05) is 98.5 Å². The van der Waals surface area contributed by atoms with Crippen molar-refractivity contribution in [2.75, 3.05) is 4.90 Å². The van der Waals surface area contributed by atoms with Crippen LogP contribution < -0.4 is 4.90 Å². The molecule has 7 aromatic heterocycles. The first-order chi connectivity index (χ1) is 46.0. The minimum atomic E-state index is -0.452. The number of thiophene rings is 1. The Balaban J connectivity index is 0.813. The van der Waals surface area contributed by atoms with E-state index in [4.69, 9.17) is 8.83 Å². The SMILES string of the molecule is CC1(C)c2cccc3oc4c(c23)c2c3c1cc(-c1cccc(N(c5ccccc5)c5ccc(-n6c7ccccc7c7c6c6oc8ccccc8c6c6c8ccccc8n(-c8ccccc8)c67)s5)c1)cc3n(-c1ccccc1)c2c1c2ccccc2n(-c2ccccc2)c41. The van der Waals surface area contributed by atoms with Gasteiger partial charge in [0.1, 0.15) is 26.7 Å². The van der Waals surface area contributed by atoms with Gasteiger partial charge in [-0.2, -0.15) is 0 Å². The molecule has 436 valence electrons. The van der Waals surface area contributed by atoms with E-state index in [0.717, 1.165) is 127 Å². The molecule has 93 heavy (non-hydrogen) atoms. The zero-order valence-corrected chi connectivity index (χ0v) is 51.4. The zero-order valence-electron chi connectivity index (χ0n) is 50.6. The van der Waals surface area contributed by atoms with E-state index in [1.807, 2.05) is 0 Å². The van der Waals surface area contributed by atoms with Gasteiger partial charge in [-0.05, 0) is 138 Å². The van der Waals surface area contributed by atoms with Crippen LogP contribution in [-0.2, 0) is 5.41 Å². The van der Waals surface area contributed by atoms with Crippen LogP contribution in [-0.4, -0.2) is 18.3 Å². The Morgan fingerprint density at radius 1 is 0.312 bits per heavy atom. The molecule has 0 aliphatic heterocycles. The molecule has 0 fully saturated rings. The van der Waals surface area contributed by atoms with Crippen molar-refractivity contribution < 1.29 is 8.83 Å². The number of aromatic nitrogens is 4. The van der Waals surface area contributed by atoms with Gasteiger partial charge >= 0.3 is 0 Å². The fourth-order valence-electron chi connectivity index (χ4n) is 16.5. The van der Waals surface area contributed by atoms with Crippen LogP contribution >= 0.6 is 11.3 Å². The van der Waals surface area contributed by atoms with E-state index in [-0.39, 0.29) is 0 Å². The molecule has 0 unspecified atom stereocenters. The molecule has 0 saturated heterocycles. The lowest BCUT2D eigenvalue weighted by molar-refractivity contribution is 0.648. The predicted molar refractivity (Wildman–Crippen MR) is 388 cm³/mol. The molecule has 0 bridgehead atoms. The van der Waals surface area contributed by atoms with Gasteiger partial charge in [-0.25, -0.2) is 0 Å². The Morgan fingerprint density at radius 2 is 0.806 bits per heavy atom. The molecular weight excluding hydrogens is 1160 g/mol. The summed E-state index contributed by atoms with van der Waals surface area (Å²) in [6.07, 6.45) is 0. The number of furan rings is 2. The van der Waals surface area contributed by atoms with Crippen molar-refractivity contribution >= 4 is 159 Å². The molecular formula is C85H53N5O2S. The highest BCUT2D eigenvalue weighted by Crippen LogP contribution is 2.57. The Bertz CT molecular complexity index is 6570. The summed E-state index contributed by atoms with van der Waals surface area (Å²) in [5.74, 6) is 0. The van der Waals surface area contributed by atoms with Crippen molar-refractivity contribution in [3.8, 4) is 33.2 Å². The molecule has 0 spiro atoms. The van der Waals surface area contributed by atoms with Crippen molar-refractivity contribution in [2.24, 2.45) is 0 Å². The Kier molecular flexibility index (Phi) is 10.2. The highest BCUT2D eigenvalue weighted by atomic mass is 32.1. The molecule has 8 heteroatoms. The summed E-state index contributed by atoms with van der Waals surface area (Å²) < 4.78 is 24.5. The smallest absolute Gasteiger partial charge is 0.160 e. The zero-order chi connectivity index (χ0) is 60.9. The van der Waals surface area contributed by atoms with Crippen molar-refractivity contribution in [1.82, 2.24) is 18.3 Å². The summed E-state index contributed by atoms with van der Waals surface area (Å²) in [5.41, 5.74) is 22.4. The summed E-state index contributed by atoms with van der Waals surface area (Å²) in [6, 6.07) is 104. The van der Waals surface area contributed by atoms with E-state index >= 15 is 0 Å². The largest absolute Gasteiger partial charge is 0.454 e. The number of anilines is 3. The number of benzene rings is 13. The third kappa shape index (κ3) is 6.76. The summed E-state index contributed by atoms with van der Waals surface area (Å²) in [4.78, 5) is 2.43. The van der Waals surface area contributed by atoms with Gasteiger partial charge in [0.05, 0.1) is 38.6 Å². The first-order valence-corrected chi connectivity index (χ1v) is 32.7. The lowest BCUT2D eigenvalue weighted by Gasteiger charge is -2.28. The molecule has 7 nitrogen and oxygen atoms in total. The number of hydrogen-bond donors (Lipinski definition) is 0. The standard InChI is InChI=1S/C85H53N5O2S/c1-85(2)61-39-24-44-68-76(61)78-77-75-62(85)48-51(49-66(75)89(55-32-13-6-14-33-55)80(77)74-58-36-16-20-41-64(58)88(81(74)84(78)92-68)54-30-11-5-12-31-54)50-25-23-34-56(47-50)86(52-26-7-3-8-27-52)69-45-46-70(93-69)90-65-42-21-17-37-59(65)73-79-71(72-60-38-18-22-43-67(60)91-83(72)82(73)90)57-35-15-19-40-63(57)87(79)53-28-9-4-10-29-53/h3-49H,1-2H3. The Morgan fingerprint density at radius 3 is 1.47 bits per heavy atom. The normalized spacial score (nSPS) is 13.1. The molecule has 7 heterocycles. The topological polar surface area (TPSA) is 49.2 Å². The van der Waals surface area contributed by atoms with E-state index in [9.17, 15) is 0 Å². The van der Waals surface area contributed by atoms with Crippen LogP contribution in [0.1, 0.15) is 25.0 Å². The maximum atomic E-state index is 7.33. The monoisotopic (exact) mass is 1210 g/mol. The van der Waals surface area contributed by atoms with E-state index in [0.29, 0.717) is 0 Å². The lowest BCUT2D eigenvalue weighted by Crippen LogP contribution is -2.19. The van der Waals surface area contributed by atoms with Gasteiger partial charge in [0.15, 0.2) is 11.2 Å². The van der Waals surface area contributed by atoms with Crippen molar-refractivity contribution in [2.45, 2.75) is 19.3 Å². The molecule has 0 amide bonds. The quantitative estimate of drug-likeness (QED) is 0.152. The van der Waals surface area contributed by atoms with Gasteiger partial charge in [0.2, 0.25) is 0 Å². The van der Waals surface area contributed by atoms with Crippen LogP contribution in [0, 0.1) is 0 Å². The van der Waals surface area contributed by atoms with Crippen molar-refractivity contribution in [3.63, 3.8) is 0 Å².